The Balaban J connectivity index is 2.48. The number of carbonyl (C=O) groups is 1. The molecule has 6 nitrogen and oxygen atoms in total. The smallest absolute Gasteiger partial charge is 0.222 e. The highest BCUT2D eigenvalue weighted by molar-refractivity contribution is 5.80. The van der Waals surface area contributed by atoms with Gasteiger partial charge in [0.05, 0.1) is 6.54 Å². The van der Waals surface area contributed by atoms with Crippen molar-refractivity contribution in [2.75, 3.05) is 32.7 Å². The van der Waals surface area contributed by atoms with Gasteiger partial charge < -0.3 is 16.0 Å². The Labute approximate surface area is 141 Å². The summed E-state index contributed by atoms with van der Waals surface area (Å²) in [6.45, 7) is 16.8. The average molecular weight is 326 g/mol. The number of amides is 1. The standard InChI is InChI=1S/C17H35N5O/c1-7-18-17(20-9-8-19-16(23)12(2)3)21-15-11-22(13(4)5)10-14(15)6/h12-15H,7-11H2,1-6H3,(H,19,23)(H2,18,20,21). The van der Waals surface area contributed by atoms with Crippen molar-refractivity contribution < 1.29 is 4.79 Å². The highest BCUT2D eigenvalue weighted by Crippen LogP contribution is 2.18. The van der Waals surface area contributed by atoms with E-state index in [4.69, 9.17) is 0 Å². The molecule has 0 aliphatic carbocycles. The highest BCUT2D eigenvalue weighted by atomic mass is 16.1. The molecule has 0 bridgehead atoms. The largest absolute Gasteiger partial charge is 0.357 e. The zero-order valence-corrected chi connectivity index (χ0v) is 15.6. The summed E-state index contributed by atoms with van der Waals surface area (Å²) in [5.41, 5.74) is 0. The molecule has 23 heavy (non-hydrogen) atoms. The molecule has 2 unspecified atom stereocenters. The Bertz CT molecular complexity index is 394. The summed E-state index contributed by atoms with van der Waals surface area (Å²) < 4.78 is 0. The van der Waals surface area contributed by atoms with Gasteiger partial charge >= 0.3 is 0 Å². The number of likely N-dealkylation sites (tertiary alicyclic amines) is 1. The van der Waals surface area contributed by atoms with Crippen molar-refractivity contribution >= 4 is 11.9 Å². The molecule has 0 radical (unpaired) electrons. The minimum atomic E-state index is 0.0201. The monoisotopic (exact) mass is 325 g/mol. The zero-order valence-electron chi connectivity index (χ0n) is 15.6. The lowest BCUT2D eigenvalue weighted by Crippen LogP contribution is -2.47. The molecule has 2 atom stereocenters. The molecule has 0 spiro atoms. The van der Waals surface area contributed by atoms with Crippen LogP contribution < -0.4 is 16.0 Å². The SMILES string of the molecule is CCNC(=NCCNC(=O)C(C)C)NC1CN(C(C)C)CC1C. The van der Waals surface area contributed by atoms with Crippen LogP contribution in [0.4, 0.5) is 0 Å². The molecule has 0 aromatic rings. The molecule has 1 amide bonds. The van der Waals surface area contributed by atoms with E-state index in [1.807, 2.05) is 13.8 Å². The number of carbonyl (C=O) groups excluding carboxylic acids is 1. The fourth-order valence-electron chi connectivity index (χ4n) is 2.66. The molecular weight excluding hydrogens is 290 g/mol. The third kappa shape index (κ3) is 6.77. The van der Waals surface area contributed by atoms with Crippen LogP contribution in [-0.2, 0) is 4.79 Å². The van der Waals surface area contributed by atoms with Crippen LogP contribution in [0, 0.1) is 11.8 Å². The molecule has 0 aromatic carbocycles. The van der Waals surface area contributed by atoms with Crippen LogP contribution in [-0.4, -0.2) is 61.6 Å². The van der Waals surface area contributed by atoms with Crippen molar-refractivity contribution in [2.45, 2.75) is 53.6 Å². The molecule has 134 valence electrons. The van der Waals surface area contributed by atoms with E-state index in [1.165, 1.54) is 0 Å². The van der Waals surface area contributed by atoms with E-state index in [0.29, 0.717) is 31.1 Å². The van der Waals surface area contributed by atoms with E-state index in [-0.39, 0.29) is 11.8 Å². The predicted octanol–water partition coefficient (Wildman–Crippen LogP) is 1.04. The van der Waals surface area contributed by atoms with Crippen molar-refractivity contribution in [3.8, 4) is 0 Å². The Morgan fingerprint density at radius 3 is 2.43 bits per heavy atom. The van der Waals surface area contributed by atoms with Crippen LogP contribution in [0.2, 0.25) is 0 Å². The molecule has 1 heterocycles. The maximum atomic E-state index is 11.5. The number of aliphatic imine (C=N–C) groups is 1. The fraction of sp³-hybridized carbons (Fsp3) is 0.882. The second-order valence-electron chi connectivity index (χ2n) is 6.98. The van der Waals surface area contributed by atoms with E-state index < -0.39 is 0 Å². The Morgan fingerprint density at radius 1 is 1.22 bits per heavy atom. The van der Waals surface area contributed by atoms with Crippen molar-refractivity contribution in [2.24, 2.45) is 16.8 Å². The van der Waals surface area contributed by atoms with Crippen LogP contribution in [0.1, 0.15) is 41.5 Å². The average Bonchev–Trinajstić information content (AvgIpc) is 2.84. The summed E-state index contributed by atoms with van der Waals surface area (Å²) in [6, 6.07) is 0.996. The zero-order chi connectivity index (χ0) is 17.4. The van der Waals surface area contributed by atoms with Crippen molar-refractivity contribution in [1.82, 2.24) is 20.9 Å². The molecule has 1 aliphatic heterocycles. The van der Waals surface area contributed by atoms with Crippen molar-refractivity contribution in [3.05, 3.63) is 0 Å². The van der Waals surface area contributed by atoms with Crippen molar-refractivity contribution in [1.29, 1.82) is 0 Å². The molecular formula is C17H35N5O. The van der Waals surface area contributed by atoms with E-state index in [9.17, 15) is 4.79 Å². The van der Waals surface area contributed by atoms with Gasteiger partial charge in [-0.15, -0.1) is 0 Å². The first-order chi connectivity index (χ1) is 10.8. The van der Waals surface area contributed by atoms with Gasteiger partial charge in [-0.2, -0.15) is 0 Å². The fourth-order valence-corrected chi connectivity index (χ4v) is 2.66. The molecule has 1 rings (SSSR count). The lowest BCUT2D eigenvalue weighted by Gasteiger charge is -2.22. The predicted molar refractivity (Wildman–Crippen MR) is 96.6 cm³/mol. The summed E-state index contributed by atoms with van der Waals surface area (Å²) >= 11 is 0. The first-order valence-corrected chi connectivity index (χ1v) is 8.91. The number of nitrogens with one attached hydrogen (secondary N) is 3. The minimum Gasteiger partial charge on any atom is -0.357 e. The quantitative estimate of drug-likeness (QED) is 0.372. The van der Waals surface area contributed by atoms with Gasteiger partial charge in [0, 0.05) is 44.2 Å². The second-order valence-corrected chi connectivity index (χ2v) is 6.98. The lowest BCUT2D eigenvalue weighted by atomic mass is 10.1. The third-order valence-corrected chi connectivity index (χ3v) is 4.24. The Kier molecular flexibility index (Phi) is 8.37. The molecule has 6 heteroatoms. The summed E-state index contributed by atoms with van der Waals surface area (Å²) in [6.07, 6.45) is 0. The van der Waals surface area contributed by atoms with Crippen molar-refractivity contribution in [3.63, 3.8) is 0 Å². The Hall–Kier alpha value is -1.30. The van der Waals surface area contributed by atoms with Gasteiger partial charge in [0.2, 0.25) is 5.91 Å². The van der Waals surface area contributed by atoms with Gasteiger partial charge in [-0.3, -0.25) is 14.7 Å². The van der Waals surface area contributed by atoms with E-state index >= 15 is 0 Å². The normalized spacial score (nSPS) is 22.7. The molecule has 1 aliphatic rings. The topological polar surface area (TPSA) is 68.8 Å². The Morgan fingerprint density at radius 2 is 1.91 bits per heavy atom. The highest BCUT2D eigenvalue weighted by Gasteiger charge is 2.31. The first-order valence-electron chi connectivity index (χ1n) is 8.91. The van der Waals surface area contributed by atoms with Crippen LogP contribution in [0.5, 0.6) is 0 Å². The number of rotatable bonds is 7. The van der Waals surface area contributed by atoms with Gasteiger partial charge in [0.25, 0.3) is 0 Å². The molecule has 0 aromatic heterocycles. The van der Waals surface area contributed by atoms with E-state index in [2.05, 4.69) is 53.5 Å². The maximum Gasteiger partial charge on any atom is 0.222 e. The minimum absolute atomic E-state index is 0.0201. The molecule has 0 saturated carbocycles. The van der Waals surface area contributed by atoms with Gasteiger partial charge in [-0.25, -0.2) is 0 Å². The van der Waals surface area contributed by atoms with Crippen LogP contribution >= 0.6 is 0 Å². The van der Waals surface area contributed by atoms with Gasteiger partial charge in [0.15, 0.2) is 5.96 Å². The van der Waals surface area contributed by atoms with Crippen LogP contribution in [0.25, 0.3) is 0 Å². The van der Waals surface area contributed by atoms with E-state index in [0.717, 1.165) is 25.6 Å². The molecule has 3 N–H and O–H groups in total. The third-order valence-electron chi connectivity index (χ3n) is 4.24. The van der Waals surface area contributed by atoms with Crippen LogP contribution in [0.3, 0.4) is 0 Å². The maximum absolute atomic E-state index is 11.5. The van der Waals surface area contributed by atoms with Gasteiger partial charge in [-0.05, 0) is 26.7 Å². The first kappa shape index (κ1) is 19.7. The van der Waals surface area contributed by atoms with Gasteiger partial charge in [-0.1, -0.05) is 20.8 Å². The summed E-state index contributed by atoms with van der Waals surface area (Å²) in [7, 11) is 0. The van der Waals surface area contributed by atoms with Crippen LogP contribution in [0.15, 0.2) is 4.99 Å². The number of nitrogens with zero attached hydrogens (tertiary/aromatic N) is 2. The summed E-state index contributed by atoms with van der Waals surface area (Å²) in [5.74, 6) is 1.54. The number of hydrogen-bond acceptors (Lipinski definition) is 3. The molecule has 1 saturated heterocycles. The molecule has 1 fully saturated rings. The van der Waals surface area contributed by atoms with E-state index in [1.54, 1.807) is 0 Å². The van der Waals surface area contributed by atoms with Gasteiger partial charge in [0.1, 0.15) is 0 Å². The number of hydrogen-bond donors (Lipinski definition) is 3. The summed E-state index contributed by atoms with van der Waals surface area (Å²) in [5, 5.41) is 9.73. The lowest BCUT2D eigenvalue weighted by molar-refractivity contribution is -0.123. The summed E-state index contributed by atoms with van der Waals surface area (Å²) in [4.78, 5) is 18.6. The second kappa shape index (κ2) is 9.75. The number of guanidine groups is 1.